The number of carbonyl (C=O) groups is 1. The second kappa shape index (κ2) is 8.24. The van der Waals surface area contributed by atoms with Crippen LogP contribution < -0.4 is 5.32 Å². The first-order valence-electron chi connectivity index (χ1n) is 8.07. The Morgan fingerprint density at radius 3 is 2.31 bits per heavy atom. The molecule has 1 N–H and O–H groups in total. The molecule has 7 heteroatoms. The largest absolute Gasteiger partial charge is 0.444 e. The molecule has 0 saturated heterocycles. The summed E-state index contributed by atoms with van der Waals surface area (Å²) in [6.45, 7) is 5.82. The van der Waals surface area contributed by atoms with Gasteiger partial charge < -0.3 is 20.2 Å². The van der Waals surface area contributed by atoms with Crippen LogP contribution in [0.25, 0.3) is 12.2 Å². The number of ether oxygens (including phenoxy) is 1. The zero-order chi connectivity index (χ0) is 19.2. The lowest BCUT2D eigenvalue weighted by Crippen LogP contribution is -2.32. The molecule has 1 heterocycles. The minimum atomic E-state index is -0.530. The number of pyridine rings is 1. The number of rotatable bonds is 5. The van der Waals surface area contributed by atoms with Crippen molar-refractivity contribution in [3.63, 3.8) is 0 Å². The summed E-state index contributed by atoms with van der Waals surface area (Å²) in [5.74, 6) is -0.177. The van der Waals surface area contributed by atoms with E-state index in [1.807, 2.05) is 57.2 Å². The van der Waals surface area contributed by atoms with Crippen LogP contribution in [0.15, 0.2) is 42.6 Å². The summed E-state index contributed by atoms with van der Waals surface area (Å²) in [6, 6.07) is 10.7. The molecule has 0 fully saturated rings. The molecule has 0 unspecified atom stereocenters. The quantitative estimate of drug-likeness (QED) is 0.641. The van der Waals surface area contributed by atoms with E-state index in [4.69, 9.17) is 4.74 Å². The summed E-state index contributed by atoms with van der Waals surface area (Å²) in [5.41, 5.74) is 2.16. The van der Waals surface area contributed by atoms with Crippen molar-refractivity contribution in [1.82, 2.24) is 10.3 Å². The number of benzene rings is 1. The third-order valence-electron chi connectivity index (χ3n) is 3.24. The molecular weight excluding hydrogens is 334 g/mol. The zero-order valence-corrected chi connectivity index (χ0v) is 14.9. The van der Waals surface area contributed by atoms with Crippen molar-refractivity contribution < 1.29 is 14.5 Å². The van der Waals surface area contributed by atoms with E-state index in [9.17, 15) is 14.9 Å². The van der Waals surface area contributed by atoms with Gasteiger partial charge in [-0.2, -0.15) is 0 Å². The van der Waals surface area contributed by atoms with Crippen LogP contribution in [0.2, 0.25) is 0 Å². The lowest BCUT2D eigenvalue weighted by Gasteiger charge is -2.19. The first-order valence-corrected chi connectivity index (χ1v) is 8.07. The van der Waals surface area contributed by atoms with Gasteiger partial charge >= 0.3 is 11.9 Å². The number of nitrogens with one attached hydrogen (secondary N) is 1. The van der Waals surface area contributed by atoms with E-state index in [0.717, 1.165) is 16.7 Å². The molecule has 1 aromatic carbocycles. The number of aromatic nitrogens is 1. The molecule has 0 radical (unpaired) electrons. The van der Waals surface area contributed by atoms with Crippen molar-refractivity contribution in [2.24, 2.45) is 0 Å². The van der Waals surface area contributed by atoms with Gasteiger partial charge in [-0.1, -0.05) is 36.4 Å². The molecule has 0 spiro atoms. The van der Waals surface area contributed by atoms with Crippen molar-refractivity contribution in [3.8, 4) is 0 Å². The molecule has 2 aromatic rings. The molecule has 0 bridgehead atoms. The van der Waals surface area contributed by atoms with Crippen LogP contribution in [0.1, 0.15) is 37.5 Å². The van der Waals surface area contributed by atoms with Gasteiger partial charge in [0.2, 0.25) is 0 Å². The lowest BCUT2D eigenvalue weighted by atomic mass is 10.1. The maximum atomic E-state index is 11.6. The second-order valence-corrected chi connectivity index (χ2v) is 6.64. The molecule has 1 aromatic heterocycles. The van der Waals surface area contributed by atoms with E-state index in [-0.39, 0.29) is 5.82 Å². The Balaban J connectivity index is 1.90. The van der Waals surface area contributed by atoms with Crippen LogP contribution in [0.4, 0.5) is 10.6 Å². The molecule has 7 nitrogen and oxygen atoms in total. The van der Waals surface area contributed by atoms with Crippen molar-refractivity contribution in [3.05, 3.63) is 69.4 Å². The molecular formula is C19H21N3O4. The predicted molar refractivity (Wildman–Crippen MR) is 99.3 cm³/mol. The molecule has 0 aliphatic rings. The van der Waals surface area contributed by atoms with Gasteiger partial charge in [0.25, 0.3) is 0 Å². The van der Waals surface area contributed by atoms with Gasteiger partial charge in [-0.05, 0) is 47.9 Å². The predicted octanol–water partition coefficient (Wildman–Crippen LogP) is 4.18. The molecule has 1 amide bonds. The fourth-order valence-electron chi connectivity index (χ4n) is 2.03. The van der Waals surface area contributed by atoms with Crippen LogP contribution in [-0.2, 0) is 11.3 Å². The summed E-state index contributed by atoms with van der Waals surface area (Å²) < 4.78 is 5.18. The van der Waals surface area contributed by atoms with E-state index >= 15 is 0 Å². The molecule has 2 rings (SSSR count). The van der Waals surface area contributed by atoms with Gasteiger partial charge in [-0.25, -0.2) is 4.79 Å². The lowest BCUT2D eigenvalue weighted by molar-refractivity contribution is -0.389. The van der Waals surface area contributed by atoms with Crippen molar-refractivity contribution in [2.75, 3.05) is 0 Å². The van der Waals surface area contributed by atoms with E-state index in [2.05, 4.69) is 10.3 Å². The minimum absolute atomic E-state index is 0.177. The first kappa shape index (κ1) is 19.1. The summed E-state index contributed by atoms with van der Waals surface area (Å²) >= 11 is 0. The van der Waals surface area contributed by atoms with E-state index in [0.29, 0.717) is 6.54 Å². The SMILES string of the molecule is CC(C)(C)OC(=O)NCc1ccc(/C=C/c2ccc([N+](=O)[O-])nc2)cc1. The number of hydrogen-bond acceptors (Lipinski definition) is 5. The highest BCUT2D eigenvalue weighted by Crippen LogP contribution is 2.12. The van der Waals surface area contributed by atoms with E-state index in [1.165, 1.54) is 12.3 Å². The van der Waals surface area contributed by atoms with Crippen LogP contribution >= 0.6 is 0 Å². The zero-order valence-electron chi connectivity index (χ0n) is 14.9. The highest BCUT2D eigenvalue weighted by atomic mass is 16.6. The average molecular weight is 355 g/mol. The Labute approximate surface area is 151 Å². The Bertz CT molecular complexity index is 791. The normalized spacial score (nSPS) is 11.3. The number of amides is 1. The smallest absolute Gasteiger partial charge is 0.407 e. The van der Waals surface area contributed by atoms with Crippen LogP contribution in [0.3, 0.4) is 0 Å². The number of carbonyl (C=O) groups excluding carboxylic acids is 1. The fraction of sp³-hybridized carbons (Fsp3) is 0.263. The number of hydrogen-bond donors (Lipinski definition) is 1. The topological polar surface area (TPSA) is 94.4 Å². The maximum Gasteiger partial charge on any atom is 0.407 e. The Morgan fingerprint density at radius 2 is 1.77 bits per heavy atom. The summed E-state index contributed by atoms with van der Waals surface area (Å²) in [7, 11) is 0. The Morgan fingerprint density at radius 1 is 1.15 bits per heavy atom. The molecule has 26 heavy (non-hydrogen) atoms. The number of alkyl carbamates (subject to hydrolysis) is 1. The third-order valence-corrected chi connectivity index (χ3v) is 3.24. The van der Waals surface area contributed by atoms with Gasteiger partial charge in [0, 0.05) is 18.2 Å². The molecule has 0 atom stereocenters. The van der Waals surface area contributed by atoms with E-state index < -0.39 is 16.6 Å². The van der Waals surface area contributed by atoms with Gasteiger partial charge in [-0.3, -0.25) is 0 Å². The summed E-state index contributed by atoms with van der Waals surface area (Å²) in [5, 5.41) is 13.3. The second-order valence-electron chi connectivity index (χ2n) is 6.64. The van der Waals surface area contributed by atoms with Gasteiger partial charge in [0.05, 0.1) is 0 Å². The van der Waals surface area contributed by atoms with Crippen molar-refractivity contribution in [2.45, 2.75) is 32.9 Å². The van der Waals surface area contributed by atoms with Crippen LogP contribution in [0, 0.1) is 10.1 Å². The van der Waals surface area contributed by atoms with Crippen molar-refractivity contribution in [1.29, 1.82) is 0 Å². The Kier molecular flexibility index (Phi) is 6.06. The average Bonchev–Trinajstić information content (AvgIpc) is 2.58. The monoisotopic (exact) mass is 355 g/mol. The highest BCUT2D eigenvalue weighted by Gasteiger charge is 2.15. The van der Waals surface area contributed by atoms with Gasteiger partial charge in [0.15, 0.2) is 0 Å². The van der Waals surface area contributed by atoms with Crippen LogP contribution in [0.5, 0.6) is 0 Å². The highest BCUT2D eigenvalue weighted by molar-refractivity contribution is 5.70. The molecule has 136 valence electrons. The first-order chi connectivity index (χ1) is 12.2. The molecule has 0 saturated carbocycles. The minimum Gasteiger partial charge on any atom is -0.444 e. The van der Waals surface area contributed by atoms with Gasteiger partial charge in [0.1, 0.15) is 11.8 Å². The Hall–Kier alpha value is -3.22. The number of nitrogens with zero attached hydrogens (tertiary/aromatic N) is 2. The molecule has 0 aliphatic heterocycles. The maximum absolute atomic E-state index is 11.6. The standard InChI is InChI=1S/C19H21N3O4/c1-19(2,3)26-18(23)21-13-15-7-4-14(5-8-15)6-9-16-10-11-17(20-12-16)22(24)25/h4-12H,13H2,1-3H3,(H,21,23)/b9-6+. The number of nitro groups is 1. The van der Waals surface area contributed by atoms with Crippen LogP contribution in [-0.4, -0.2) is 21.6 Å². The van der Waals surface area contributed by atoms with Gasteiger partial charge in [-0.15, -0.1) is 0 Å². The van der Waals surface area contributed by atoms with Crippen molar-refractivity contribution >= 4 is 24.1 Å². The molecule has 0 aliphatic carbocycles. The fourth-order valence-corrected chi connectivity index (χ4v) is 2.03. The van der Waals surface area contributed by atoms with E-state index in [1.54, 1.807) is 6.07 Å². The third kappa shape index (κ3) is 6.35. The summed E-state index contributed by atoms with van der Waals surface area (Å²) in [6.07, 6.45) is 4.71. The summed E-state index contributed by atoms with van der Waals surface area (Å²) in [4.78, 5) is 25.4.